The number of ether oxygens (including phenoxy) is 1. The second-order valence-electron chi connectivity index (χ2n) is 3.78. The Hall–Kier alpha value is -0.570. The molecule has 0 saturated heterocycles. The molecule has 76 valence electrons. The zero-order valence-electron chi connectivity index (χ0n) is 8.16. The van der Waals surface area contributed by atoms with Crippen LogP contribution in [0, 0.1) is 11.8 Å². The van der Waals surface area contributed by atoms with E-state index in [1.54, 1.807) is 0 Å². The standard InChI is InChI=1S/C10H18O3/c1-13-10(12)9-4-2-3-8(7-11)5-6-9/h8-9,11H,2-7H2,1H3. The number of rotatable bonds is 2. The smallest absolute Gasteiger partial charge is 0.308 e. The monoisotopic (exact) mass is 186 g/mol. The Labute approximate surface area is 79.1 Å². The lowest BCUT2D eigenvalue weighted by atomic mass is 9.99. The summed E-state index contributed by atoms with van der Waals surface area (Å²) < 4.78 is 4.71. The van der Waals surface area contributed by atoms with Crippen LogP contribution in [0.25, 0.3) is 0 Å². The average molecular weight is 186 g/mol. The molecule has 1 aliphatic rings. The molecule has 0 heterocycles. The van der Waals surface area contributed by atoms with E-state index in [-0.39, 0.29) is 18.5 Å². The van der Waals surface area contributed by atoms with Gasteiger partial charge in [-0.3, -0.25) is 4.79 Å². The van der Waals surface area contributed by atoms with Crippen LogP contribution in [0.5, 0.6) is 0 Å². The minimum Gasteiger partial charge on any atom is -0.469 e. The van der Waals surface area contributed by atoms with E-state index < -0.39 is 0 Å². The number of hydrogen-bond acceptors (Lipinski definition) is 3. The maximum atomic E-state index is 11.2. The Morgan fingerprint density at radius 3 is 2.77 bits per heavy atom. The van der Waals surface area contributed by atoms with Gasteiger partial charge in [-0.05, 0) is 31.6 Å². The first-order valence-corrected chi connectivity index (χ1v) is 4.96. The minimum atomic E-state index is -0.0846. The number of methoxy groups -OCH3 is 1. The predicted octanol–water partition coefficient (Wildman–Crippen LogP) is 1.35. The Morgan fingerprint density at radius 2 is 2.15 bits per heavy atom. The molecule has 3 nitrogen and oxygen atoms in total. The molecule has 0 aromatic heterocycles. The molecule has 0 aromatic rings. The third-order valence-electron chi connectivity index (χ3n) is 2.88. The molecule has 13 heavy (non-hydrogen) atoms. The number of hydrogen-bond donors (Lipinski definition) is 1. The molecule has 1 saturated carbocycles. The van der Waals surface area contributed by atoms with Crippen molar-refractivity contribution in [3.63, 3.8) is 0 Å². The summed E-state index contributed by atoms with van der Waals surface area (Å²) in [6, 6.07) is 0. The van der Waals surface area contributed by atoms with Gasteiger partial charge in [0.05, 0.1) is 13.0 Å². The predicted molar refractivity (Wildman–Crippen MR) is 49.2 cm³/mol. The van der Waals surface area contributed by atoms with Crippen molar-refractivity contribution in [3.05, 3.63) is 0 Å². The molecule has 0 aliphatic heterocycles. The van der Waals surface area contributed by atoms with Gasteiger partial charge in [0.2, 0.25) is 0 Å². The number of aliphatic hydroxyl groups excluding tert-OH is 1. The van der Waals surface area contributed by atoms with Crippen LogP contribution in [0.3, 0.4) is 0 Å². The first kappa shape index (κ1) is 10.5. The average Bonchev–Trinajstić information content (AvgIpc) is 2.41. The summed E-state index contributed by atoms with van der Waals surface area (Å²) in [4.78, 5) is 11.2. The molecule has 3 heteroatoms. The van der Waals surface area contributed by atoms with E-state index in [2.05, 4.69) is 0 Å². The summed E-state index contributed by atoms with van der Waals surface area (Å²) in [6.07, 6.45) is 4.83. The fraction of sp³-hybridized carbons (Fsp3) is 0.900. The van der Waals surface area contributed by atoms with E-state index in [9.17, 15) is 4.79 Å². The third-order valence-corrected chi connectivity index (χ3v) is 2.88. The highest BCUT2D eigenvalue weighted by atomic mass is 16.5. The van der Waals surface area contributed by atoms with Gasteiger partial charge in [0, 0.05) is 6.61 Å². The van der Waals surface area contributed by atoms with Crippen molar-refractivity contribution in [1.29, 1.82) is 0 Å². The summed E-state index contributed by atoms with van der Waals surface area (Å²) in [5.41, 5.74) is 0. The highest BCUT2D eigenvalue weighted by molar-refractivity contribution is 5.72. The molecule has 2 atom stereocenters. The summed E-state index contributed by atoms with van der Waals surface area (Å²) in [5.74, 6) is 0.384. The summed E-state index contributed by atoms with van der Waals surface area (Å²) in [5, 5.41) is 8.98. The molecule has 1 fully saturated rings. The van der Waals surface area contributed by atoms with Crippen LogP contribution in [0.4, 0.5) is 0 Å². The molecule has 1 rings (SSSR count). The molecular weight excluding hydrogens is 168 g/mol. The Kier molecular flexibility index (Phi) is 4.22. The molecular formula is C10H18O3. The Morgan fingerprint density at radius 1 is 1.38 bits per heavy atom. The van der Waals surface area contributed by atoms with Gasteiger partial charge >= 0.3 is 5.97 Å². The van der Waals surface area contributed by atoms with Gasteiger partial charge in [0.1, 0.15) is 0 Å². The van der Waals surface area contributed by atoms with E-state index in [4.69, 9.17) is 9.84 Å². The summed E-state index contributed by atoms with van der Waals surface area (Å²) in [6.45, 7) is 0.258. The fourth-order valence-electron chi connectivity index (χ4n) is 1.96. The SMILES string of the molecule is COC(=O)C1CCCC(CO)CC1. The van der Waals surface area contributed by atoms with E-state index in [1.165, 1.54) is 7.11 Å². The molecule has 2 unspecified atom stereocenters. The largest absolute Gasteiger partial charge is 0.469 e. The first-order chi connectivity index (χ1) is 6.27. The molecule has 0 aromatic carbocycles. The van der Waals surface area contributed by atoms with Crippen molar-refractivity contribution in [2.24, 2.45) is 11.8 Å². The van der Waals surface area contributed by atoms with E-state index in [0.29, 0.717) is 5.92 Å². The van der Waals surface area contributed by atoms with Crippen LogP contribution in [0.1, 0.15) is 32.1 Å². The maximum absolute atomic E-state index is 11.2. The normalized spacial score (nSPS) is 29.4. The van der Waals surface area contributed by atoms with Crippen molar-refractivity contribution in [3.8, 4) is 0 Å². The van der Waals surface area contributed by atoms with E-state index in [1.807, 2.05) is 0 Å². The number of aliphatic hydroxyl groups is 1. The van der Waals surface area contributed by atoms with E-state index >= 15 is 0 Å². The van der Waals surface area contributed by atoms with Crippen LogP contribution >= 0.6 is 0 Å². The van der Waals surface area contributed by atoms with Gasteiger partial charge in [0.15, 0.2) is 0 Å². The van der Waals surface area contributed by atoms with Crippen LogP contribution < -0.4 is 0 Å². The van der Waals surface area contributed by atoms with Gasteiger partial charge in [0.25, 0.3) is 0 Å². The zero-order valence-corrected chi connectivity index (χ0v) is 8.16. The van der Waals surface area contributed by atoms with Crippen molar-refractivity contribution >= 4 is 5.97 Å². The number of carbonyl (C=O) groups is 1. The van der Waals surface area contributed by atoms with Crippen LogP contribution in [-0.4, -0.2) is 24.8 Å². The third kappa shape index (κ3) is 2.99. The van der Waals surface area contributed by atoms with Crippen molar-refractivity contribution in [1.82, 2.24) is 0 Å². The maximum Gasteiger partial charge on any atom is 0.308 e. The lowest BCUT2D eigenvalue weighted by Crippen LogP contribution is -2.15. The van der Waals surface area contributed by atoms with Gasteiger partial charge in [-0.1, -0.05) is 6.42 Å². The van der Waals surface area contributed by atoms with Gasteiger partial charge in [-0.15, -0.1) is 0 Å². The highest BCUT2D eigenvalue weighted by Crippen LogP contribution is 2.27. The quantitative estimate of drug-likeness (QED) is 0.523. The van der Waals surface area contributed by atoms with Crippen molar-refractivity contribution < 1.29 is 14.6 Å². The zero-order chi connectivity index (χ0) is 9.68. The van der Waals surface area contributed by atoms with Crippen molar-refractivity contribution in [2.75, 3.05) is 13.7 Å². The van der Waals surface area contributed by atoms with Crippen LogP contribution in [0.15, 0.2) is 0 Å². The summed E-state index contributed by atoms with van der Waals surface area (Å²) >= 11 is 0. The molecule has 0 spiro atoms. The Bertz CT molecular complexity index is 168. The topological polar surface area (TPSA) is 46.5 Å². The number of carbonyl (C=O) groups excluding carboxylic acids is 1. The first-order valence-electron chi connectivity index (χ1n) is 4.96. The van der Waals surface area contributed by atoms with Crippen molar-refractivity contribution in [2.45, 2.75) is 32.1 Å². The summed E-state index contributed by atoms with van der Waals surface area (Å²) in [7, 11) is 1.44. The lowest BCUT2D eigenvalue weighted by Gasteiger charge is -2.11. The van der Waals surface area contributed by atoms with Gasteiger partial charge in [-0.2, -0.15) is 0 Å². The molecule has 0 radical (unpaired) electrons. The van der Waals surface area contributed by atoms with Gasteiger partial charge < -0.3 is 9.84 Å². The Balaban J connectivity index is 2.40. The second-order valence-corrected chi connectivity index (χ2v) is 3.78. The molecule has 1 aliphatic carbocycles. The lowest BCUT2D eigenvalue weighted by molar-refractivity contribution is -0.145. The molecule has 1 N–H and O–H groups in total. The van der Waals surface area contributed by atoms with Gasteiger partial charge in [-0.25, -0.2) is 0 Å². The molecule has 0 amide bonds. The van der Waals surface area contributed by atoms with Crippen LogP contribution in [-0.2, 0) is 9.53 Å². The number of esters is 1. The van der Waals surface area contributed by atoms with Crippen LogP contribution in [0.2, 0.25) is 0 Å². The highest BCUT2D eigenvalue weighted by Gasteiger charge is 2.23. The molecule has 0 bridgehead atoms. The van der Waals surface area contributed by atoms with E-state index in [0.717, 1.165) is 32.1 Å². The fourth-order valence-corrected chi connectivity index (χ4v) is 1.96. The second kappa shape index (κ2) is 5.22. The minimum absolute atomic E-state index is 0.0709.